The van der Waals surface area contributed by atoms with Gasteiger partial charge in [0.25, 0.3) is 0 Å². The Labute approximate surface area is 234 Å². The smallest absolute Gasteiger partial charge is 0.305 e. The van der Waals surface area contributed by atoms with Crippen molar-refractivity contribution in [3.63, 3.8) is 0 Å². The van der Waals surface area contributed by atoms with Crippen molar-refractivity contribution in [2.45, 2.75) is 213 Å². The summed E-state index contributed by atoms with van der Waals surface area (Å²) in [6.45, 7) is 5.03. The fraction of sp³-hybridized carbons (Fsp3) is 0.971. The SMILES string of the molecule is CCCCCCCCCCCCCCCCCCCCCCCCCCCCCCC(=O)OCCCC. The minimum atomic E-state index is 0.00302. The molecule has 0 aliphatic carbocycles. The second kappa shape index (κ2) is 33.5. The lowest BCUT2D eigenvalue weighted by molar-refractivity contribution is -0.143. The molecule has 0 aromatic heterocycles. The van der Waals surface area contributed by atoms with E-state index >= 15 is 0 Å². The second-order valence-electron chi connectivity index (χ2n) is 11.9. The molecule has 222 valence electrons. The van der Waals surface area contributed by atoms with Gasteiger partial charge in [-0.3, -0.25) is 4.79 Å². The quantitative estimate of drug-likeness (QED) is 0.0648. The molecule has 0 amide bonds. The summed E-state index contributed by atoms with van der Waals surface area (Å²) in [5.74, 6) is 0.00302. The number of ether oxygens (including phenoxy) is 1. The van der Waals surface area contributed by atoms with Crippen molar-refractivity contribution in [1.82, 2.24) is 0 Å². The van der Waals surface area contributed by atoms with Crippen LogP contribution in [0.4, 0.5) is 0 Å². The Hall–Kier alpha value is -0.530. The number of hydrogen-bond donors (Lipinski definition) is 0. The van der Waals surface area contributed by atoms with Crippen LogP contribution in [-0.4, -0.2) is 12.6 Å². The van der Waals surface area contributed by atoms with E-state index in [0.717, 1.165) is 19.3 Å². The Balaban J connectivity index is 3.06. The fourth-order valence-corrected chi connectivity index (χ4v) is 5.34. The zero-order valence-corrected chi connectivity index (χ0v) is 25.9. The highest BCUT2D eigenvalue weighted by atomic mass is 16.5. The van der Waals surface area contributed by atoms with Crippen molar-refractivity contribution in [1.29, 1.82) is 0 Å². The van der Waals surface area contributed by atoms with Gasteiger partial charge in [-0.25, -0.2) is 0 Å². The van der Waals surface area contributed by atoms with Gasteiger partial charge in [-0.05, 0) is 12.8 Å². The van der Waals surface area contributed by atoms with Crippen LogP contribution in [0.3, 0.4) is 0 Å². The van der Waals surface area contributed by atoms with Gasteiger partial charge in [-0.1, -0.05) is 194 Å². The molecule has 0 radical (unpaired) electrons. The molecule has 0 aliphatic rings. The Morgan fingerprint density at radius 2 is 0.595 bits per heavy atom. The predicted molar refractivity (Wildman–Crippen MR) is 165 cm³/mol. The van der Waals surface area contributed by atoms with Crippen LogP contribution in [0.25, 0.3) is 0 Å². The molecule has 0 fully saturated rings. The van der Waals surface area contributed by atoms with Crippen LogP contribution in [0, 0.1) is 0 Å². The number of esters is 1. The summed E-state index contributed by atoms with van der Waals surface area (Å²) in [6, 6.07) is 0. The maximum Gasteiger partial charge on any atom is 0.305 e. The first-order chi connectivity index (χ1) is 18.3. The molecule has 2 nitrogen and oxygen atoms in total. The number of rotatable bonds is 32. The van der Waals surface area contributed by atoms with E-state index in [1.807, 2.05) is 0 Å². The lowest BCUT2D eigenvalue weighted by Gasteiger charge is -2.05. The molecule has 0 heterocycles. The Morgan fingerprint density at radius 3 is 0.865 bits per heavy atom. The van der Waals surface area contributed by atoms with E-state index in [9.17, 15) is 4.79 Å². The molecule has 0 aliphatic heterocycles. The van der Waals surface area contributed by atoms with Crippen LogP contribution in [0.5, 0.6) is 0 Å². The lowest BCUT2D eigenvalue weighted by atomic mass is 10.0. The molecular formula is C35H70O2. The van der Waals surface area contributed by atoms with Gasteiger partial charge in [0.05, 0.1) is 6.61 Å². The van der Waals surface area contributed by atoms with Crippen molar-refractivity contribution in [2.75, 3.05) is 6.61 Å². The molecule has 0 spiro atoms. The summed E-state index contributed by atoms with van der Waals surface area (Å²) >= 11 is 0. The molecular weight excluding hydrogens is 452 g/mol. The second-order valence-corrected chi connectivity index (χ2v) is 11.9. The summed E-state index contributed by atoms with van der Waals surface area (Å²) < 4.78 is 5.20. The predicted octanol–water partition coefficient (Wildman–Crippen LogP) is 12.7. The standard InChI is InChI=1S/C35H70O2/c1-3-5-7-8-9-10-11-12-13-14-15-16-17-18-19-20-21-22-23-24-25-26-27-28-29-30-31-32-33-35(36)37-34-6-4-2/h3-34H2,1-2H3. The number of carbonyl (C=O) groups is 1. The molecule has 0 rings (SSSR count). The first-order valence-electron chi connectivity index (χ1n) is 17.5. The van der Waals surface area contributed by atoms with E-state index in [0.29, 0.717) is 13.0 Å². The summed E-state index contributed by atoms with van der Waals surface area (Å²) in [5, 5.41) is 0. The van der Waals surface area contributed by atoms with E-state index < -0.39 is 0 Å². The van der Waals surface area contributed by atoms with Crippen LogP contribution in [0.15, 0.2) is 0 Å². The summed E-state index contributed by atoms with van der Waals surface area (Å²) in [7, 11) is 0. The van der Waals surface area contributed by atoms with Gasteiger partial charge in [-0.15, -0.1) is 0 Å². The Morgan fingerprint density at radius 1 is 0.351 bits per heavy atom. The zero-order valence-electron chi connectivity index (χ0n) is 25.9. The largest absolute Gasteiger partial charge is 0.466 e. The summed E-state index contributed by atoms with van der Waals surface area (Å²) in [6.07, 6.45) is 42.4. The van der Waals surface area contributed by atoms with Gasteiger partial charge in [0.1, 0.15) is 0 Å². The molecule has 0 atom stereocenters. The molecule has 2 heteroatoms. The monoisotopic (exact) mass is 523 g/mol. The van der Waals surface area contributed by atoms with Gasteiger partial charge in [0.15, 0.2) is 0 Å². The zero-order chi connectivity index (χ0) is 26.9. The minimum absolute atomic E-state index is 0.00302. The van der Waals surface area contributed by atoms with Gasteiger partial charge < -0.3 is 4.74 Å². The highest BCUT2D eigenvalue weighted by Crippen LogP contribution is 2.16. The molecule has 37 heavy (non-hydrogen) atoms. The van der Waals surface area contributed by atoms with Crippen molar-refractivity contribution in [3.05, 3.63) is 0 Å². The number of unbranched alkanes of at least 4 members (excludes halogenated alkanes) is 28. The minimum Gasteiger partial charge on any atom is -0.466 e. The number of hydrogen-bond acceptors (Lipinski definition) is 2. The highest BCUT2D eigenvalue weighted by Gasteiger charge is 2.02. The van der Waals surface area contributed by atoms with Crippen molar-refractivity contribution >= 4 is 5.97 Å². The van der Waals surface area contributed by atoms with Crippen LogP contribution in [0.1, 0.15) is 213 Å². The average molecular weight is 523 g/mol. The first-order valence-corrected chi connectivity index (χ1v) is 17.5. The maximum absolute atomic E-state index is 11.5. The third-order valence-electron chi connectivity index (χ3n) is 8.00. The Bertz CT molecular complexity index is 419. The van der Waals surface area contributed by atoms with Crippen LogP contribution in [0.2, 0.25) is 0 Å². The summed E-state index contributed by atoms with van der Waals surface area (Å²) in [5.41, 5.74) is 0. The molecule has 0 N–H and O–H groups in total. The van der Waals surface area contributed by atoms with Gasteiger partial charge in [0.2, 0.25) is 0 Å². The van der Waals surface area contributed by atoms with E-state index in [2.05, 4.69) is 13.8 Å². The molecule has 0 aromatic rings. The van der Waals surface area contributed by atoms with E-state index in [1.54, 1.807) is 0 Å². The van der Waals surface area contributed by atoms with Crippen molar-refractivity contribution in [3.8, 4) is 0 Å². The first kappa shape index (κ1) is 36.5. The Kier molecular flexibility index (Phi) is 33.0. The van der Waals surface area contributed by atoms with Gasteiger partial charge in [-0.2, -0.15) is 0 Å². The van der Waals surface area contributed by atoms with Crippen LogP contribution < -0.4 is 0 Å². The molecule has 0 saturated carbocycles. The molecule has 0 bridgehead atoms. The van der Waals surface area contributed by atoms with Gasteiger partial charge in [0, 0.05) is 6.42 Å². The molecule has 0 saturated heterocycles. The van der Waals surface area contributed by atoms with Crippen LogP contribution >= 0.6 is 0 Å². The maximum atomic E-state index is 11.5. The van der Waals surface area contributed by atoms with Gasteiger partial charge >= 0.3 is 5.97 Å². The van der Waals surface area contributed by atoms with E-state index in [1.165, 1.54) is 173 Å². The fourth-order valence-electron chi connectivity index (χ4n) is 5.34. The van der Waals surface area contributed by atoms with E-state index in [4.69, 9.17) is 4.74 Å². The van der Waals surface area contributed by atoms with Crippen molar-refractivity contribution in [2.24, 2.45) is 0 Å². The third kappa shape index (κ3) is 33.4. The molecule has 0 unspecified atom stereocenters. The van der Waals surface area contributed by atoms with E-state index in [-0.39, 0.29) is 5.97 Å². The number of carbonyl (C=O) groups excluding carboxylic acids is 1. The topological polar surface area (TPSA) is 26.3 Å². The summed E-state index contributed by atoms with van der Waals surface area (Å²) in [4.78, 5) is 11.5. The normalized spacial score (nSPS) is 11.3. The highest BCUT2D eigenvalue weighted by molar-refractivity contribution is 5.69. The van der Waals surface area contributed by atoms with Crippen molar-refractivity contribution < 1.29 is 9.53 Å². The molecule has 0 aromatic carbocycles. The van der Waals surface area contributed by atoms with Crippen LogP contribution in [-0.2, 0) is 9.53 Å². The average Bonchev–Trinajstić information content (AvgIpc) is 2.90. The lowest BCUT2D eigenvalue weighted by Crippen LogP contribution is -2.05. The third-order valence-corrected chi connectivity index (χ3v) is 8.00.